The molecule has 17 heavy (non-hydrogen) atoms. The van der Waals surface area contributed by atoms with Crippen molar-refractivity contribution in [3.63, 3.8) is 0 Å². The van der Waals surface area contributed by atoms with Gasteiger partial charge in [-0.2, -0.15) is 0 Å². The molecule has 1 fully saturated rings. The maximum atomic E-state index is 11.3. The molecule has 1 amide bonds. The third-order valence-electron chi connectivity index (χ3n) is 3.21. The molecule has 94 valence electrons. The van der Waals surface area contributed by atoms with Crippen molar-refractivity contribution in [2.75, 3.05) is 7.05 Å². The normalized spacial score (nSPS) is 18.9. The third-order valence-corrected chi connectivity index (χ3v) is 3.21. The van der Waals surface area contributed by atoms with Gasteiger partial charge in [0.1, 0.15) is 0 Å². The molecule has 1 heterocycles. The van der Waals surface area contributed by atoms with Crippen molar-refractivity contribution in [2.45, 2.75) is 44.1 Å². The van der Waals surface area contributed by atoms with Crippen molar-refractivity contribution in [2.24, 2.45) is 5.73 Å². The Bertz CT molecular complexity index is 385. The van der Waals surface area contributed by atoms with Gasteiger partial charge in [0.2, 0.25) is 17.7 Å². The van der Waals surface area contributed by atoms with Crippen molar-refractivity contribution < 1.29 is 9.21 Å². The van der Waals surface area contributed by atoms with Crippen LogP contribution in [0.2, 0.25) is 0 Å². The zero-order chi connectivity index (χ0) is 12.3. The predicted octanol–water partition coefficient (Wildman–Crippen LogP) is 0.863. The van der Waals surface area contributed by atoms with Gasteiger partial charge in [-0.15, -0.1) is 10.2 Å². The van der Waals surface area contributed by atoms with Crippen LogP contribution in [0.15, 0.2) is 4.42 Å². The van der Waals surface area contributed by atoms with E-state index in [4.69, 9.17) is 10.2 Å². The molecule has 0 bridgehead atoms. The number of likely N-dealkylation sites (N-methyl/N-ethyl adjacent to an activating group) is 1. The molecular formula is C11H18N4O2. The molecule has 0 radical (unpaired) electrons. The lowest BCUT2D eigenvalue weighted by molar-refractivity contribution is -0.122. The molecular weight excluding hydrogens is 220 g/mol. The molecule has 1 atom stereocenters. The Hall–Kier alpha value is -1.43. The van der Waals surface area contributed by atoms with E-state index in [-0.39, 0.29) is 11.8 Å². The second-order valence-electron chi connectivity index (χ2n) is 4.41. The van der Waals surface area contributed by atoms with Crippen molar-refractivity contribution in [3.05, 3.63) is 11.8 Å². The molecule has 1 unspecified atom stereocenters. The molecule has 1 aromatic heterocycles. The topological polar surface area (TPSA) is 94.0 Å². The molecule has 0 saturated heterocycles. The van der Waals surface area contributed by atoms with E-state index in [1.165, 1.54) is 26.3 Å². The van der Waals surface area contributed by atoms with E-state index in [0.717, 1.165) is 12.8 Å². The fourth-order valence-electron chi connectivity index (χ4n) is 2.15. The predicted molar refractivity (Wildman–Crippen MR) is 61.1 cm³/mol. The number of amides is 1. The van der Waals surface area contributed by atoms with Crippen LogP contribution in [0.4, 0.5) is 0 Å². The molecule has 1 aromatic rings. The fraction of sp³-hybridized carbons (Fsp3) is 0.727. The zero-order valence-corrected chi connectivity index (χ0v) is 9.98. The summed E-state index contributed by atoms with van der Waals surface area (Å²) in [6.07, 6.45) is 5.83. The van der Waals surface area contributed by atoms with Crippen LogP contribution in [-0.4, -0.2) is 23.2 Å². The number of hydrogen-bond donors (Lipinski definition) is 2. The highest BCUT2D eigenvalue weighted by molar-refractivity contribution is 5.81. The van der Waals surface area contributed by atoms with Crippen LogP contribution >= 0.6 is 0 Å². The van der Waals surface area contributed by atoms with Crippen LogP contribution < -0.4 is 11.1 Å². The SMILES string of the molecule is CNC(=O)C(N)c1nnc(C2CCCCC2)o1. The number of carbonyl (C=O) groups excluding carboxylic acids is 1. The van der Waals surface area contributed by atoms with Gasteiger partial charge in [-0.3, -0.25) is 4.79 Å². The van der Waals surface area contributed by atoms with E-state index < -0.39 is 6.04 Å². The van der Waals surface area contributed by atoms with E-state index in [1.807, 2.05) is 0 Å². The van der Waals surface area contributed by atoms with Gasteiger partial charge >= 0.3 is 0 Å². The van der Waals surface area contributed by atoms with Crippen molar-refractivity contribution in [3.8, 4) is 0 Å². The van der Waals surface area contributed by atoms with Crippen molar-refractivity contribution in [1.29, 1.82) is 0 Å². The third kappa shape index (κ3) is 2.63. The highest BCUT2D eigenvalue weighted by Crippen LogP contribution is 2.32. The summed E-state index contributed by atoms with van der Waals surface area (Å²) in [7, 11) is 1.53. The number of nitrogens with two attached hydrogens (primary N) is 1. The Kier molecular flexibility index (Phi) is 3.73. The maximum Gasteiger partial charge on any atom is 0.246 e. The number of rotatable bonds is 3. The summed E-state index contributed by atoms with van der Waals surface area (Å²) in [6.45, 7) is 0. The lowest BCUT2D eigenvalue weighted by Gasteiger charge is -2.17. The van der Waals surface area contributed by atoms with E-state index in [0.29, 0.717) is 11.8 Å². The second-order valence-corrected chi connectivity index (χ2v) is 4.41. The first-order valence-electron chi connectivity index (χ1n) is 6.03. The van der Waals surface area contributed by atoms with Crippen LogP contribution in [0.5, 0.6) is 0 Å². The molecule has 6 heteroatoms. The molecule has 0 aromatic carbocycles. The molecule has 0 aliphatic heterocycles. The Morgan fingerprint density at radius 1 is 1.41 bits per heavy atom. The van der Waals surface area contributed by atoms with Gasteiger partial charge in [0.05, 0.1) is 0 Å². The Balaban J connectivity index is 2.06. The fourth-order valence-corrected chi connectivity index (χ4v) is 2.15. The van der Waals surface area contributed by atoms with E-state index >= 15 is 0 Å². The minimum atomic E-state index is -0.871. The average molecular weight is 238 g/mol. The molecule has 0 spiro atoms. The average Bonchev–Trinajstić information content (AvgIpc) is 2.87. The van der Waals surface area contributed by atoms with E-state index in [9.17, 15) is 4.79 Å². The van der Waals surface area contributed by atoms with Crippen LogP contribution in [-0.2, 0) is 4.79 Å². The van der Waals surface area contributed by atoms with Gasteiger partial charge in [0, 0.05) is 13.0 Å². The summed E-state index contributed by atoms with van der Waals surface area (Å²) in [6, 6.07) is -0.871. The first kappa shape index (κ1) is 12.0. The van der Waals surface area contributed by atoms with Gasteiger partial charge in [0.15, 0.2) is 6.04 Å². The first-order chi connectivity index (χ1) is 8.22. The lowest BCUT2D eigenvalue weighted by atomic mass is 9.89. The monoisotopic (exact) mass is 238 g/mol. The van der Waals surface area contributed by atoms with Gasteiger partial charge in [-0.05, 0) is 12.8 Å². The highest BCUT2D eigenvalue weighted by atomic mass is 16.4. The van der Waals surface area contributed by atoms with Crippen molar-refractivity contribution in [1.82, 2.24) is 15.5 Å². The minimum absolute atomic E-state index is 0.199. The molecule has 1 aliphatic rings. The second kappa shape index (κ2) is 5.27. The van der Waals surface area contributed by atoms with E-state index in [1.54, 1.807) is 0 Å². The summed E-state index contributed by atoms with van der Waals surface area (Å²) in [5, 5.41) is 10.3. The zero-order valence-electron chi connectivity index (χ0n) is 9.98. The molecule has 1 saturated carbocycles. The van der Waals surface area contributed by atoms with Crippen LogP contribution in [0.1, 0.15) is 55.8 Å². The largest absolute Gasteiger partial charge is 0.423 e. The number of hydrogen-bond acceptors (Lipinski definition) is 5. The minimum Gasteiger partial charge on any atom is -0.423 e. The number of carbonyl (C=O) groups is 1. The molecule has 2 rings (SSSR count). The Morgan fingerprint density at radius 3 is 2.76 bits per heavy atom. The lowest BCUT2D eigenvalue weighted by Crippen LogP contribution is -2.31. The van der Waals surface area contributed by atoms with Crippen molar-refractivity contribution >= 4 is 5.91 Å². The quantitative estimate of drug-likeness (QED) is 0.814. The molecule has 6 nitrogen and oxygen atoms in total. The van der Waals surface area contributed by atoms with Gasteiger partial charge in [0.25, 0.3) is 0 Å². The van der Waals surface area contributed by atoms with Crippen LogP contribution in [0.3, 0.4) is 0 Å². The maximum absolute atomic E-state index is 11.3. The molecule has 3 N–H and O–H groups in total. The summed E-state index contributed by atoms with van der Waals surface area (Å²) in [5.41, 5.74) is 5.68. The number of nitrogens with one attached hydrogen (secondary N) is 1. The van der Waals surface area contributed by atoms with Gasteiger partial charge in [-0.25, -0.2) is 0 Å². The summed E-state index contributed by atoms with van der Waals surface area (Å²) >= 11 is 0. The van der Waals surface area contributed by atoms with Crippen LogP contribution in [0.25, 0.3) is 0 Å². The number of nitrogens with zero attached hydrogens (tertiary/aromatic N) is 2. The Morgan fingerprint density at radius 2 is 2.12 bits per heavy atom. The Labute approximate surface area is 100.0 Å². The first-order valence-corrected chi connectivity index (χ1v) is 6.03. The summed E-state index contributed by atoms with van der Waals surface area (Å²) < 4.78 is 5.50. The molecule has 1 aliphatic carbocycles. The van der Waals surface area contributed by atoms with Gasteiger partial charge < -0.3 is 15.5 Å². The van der Waals surface area contributed by atoms with E-state index in [2.05, 4.69) is 15.5 Å². The summed E-state index contributed by atoms with van der Waals surface area (Å²) in [4.78, 5) is 11.3. The summed E-state index contributed by atoms with van der Waals surface area (Å²) in [5.74, 6) is 0.842. The van der Waals surface area contributed by atoms with Gasteiger partial charge in [-0.1, -0.05) is 19.3 Å². The number of aromatic nitrogens is 2. The standard InChI is InChI=1S/C11H18N4O2/c1-13-9(16)8(12)11-15-14-10(17-11)7-5-3-2-4-6-7/h7-8H,2-6,12H2,1H3,(H,13,16). The van der Waals surface area contributed by atoms with Crippen LogP contribution in [0, 0.1) is 0 Å². The smallest absolute Gasteiger partial charge is 0.246 e. The highest BCUT2D eigenvalue weighted by Gasteiger charge is 2.25.